The fourth-order valence-electron chi connectivity index (χ4n) is 1.10. The number of imidazole rings is 1. The average molecular weight is 237 g/mol. The van der Waals surface area contributed by atoms with Crippen molar-refractivity contribution < 1.29 is 23.1 Å². The van der Waals surface area contributed by atoms with Crippen molar-refractivity contribution in [2.24, 2.45) is 5.73 Å². The summed E-state index contributed by atoms with van der Waals surface area (Å²) in [4.78, 5) is 14.2. The maximum atomic E-state index is 12.5. The van der Waals surface area contributed by atoms with Crippen LogP contribution in [0.15, 0.2) is 12.5 Å². The standard InChI is InChI=1S/C8H10F3N3O2/c1-5-2-13-4-14(5)3-7(12,6(15)16)8(9,10)11/h2,4H,3,12H2,1H3,(H,15,16). The predicted molar refractivity (Wildman–Crippen MR) is 47.6 cm³/mol. The average Bonchev–Trinajstić information content (AvgIpc) is 2.49. The van der Waals surface area contributed by atoms with E-state index in [1.54, 1.807) is 0 Å². The van der Waals surface area contributed by atoms with Gasteiger partial charge in [-0.3, -0.25) is 0 Å². The largest absolute Gasteiger partial charge is 0.480 e. The molecule has 1 atom stereocenters. The van der Waals surface area contributed by atoms with Crippen LogP contribution in [0.3, 0.4) is 0 Å². The number of carbonyl (C=O) groups is 1. The minimum atomic E-state index is -5.03. The van der Waals surface area contributed by atoms with Gasteiger partial charge in [-0.1, -0.05) is 0 Å². The van der Waals surface area contributed by atoms with Gasteiger partial charge in [0.15, 0.2) is 0 Å². The number of hydrogen-bond donors (Lipinski definition) is 2. The zero-order valence-electron chi connectivity index (χ0n) is 8.32. The lowest BCUT2D eigenvalue weighted by molar-refractivity contribution is -0.204. The summed E-state index contributed by atoms with van der Waals surface area (Å²) >= 11 is 0. The van der Waals surface area contributed by atoms with Gasteiger partial charge < -0.3 is 15.4 Å². The molecule has 1 unspecified atom stereocenters. The number of halogens is 3. The van der Waals surface area contributed by atoms with Gasteiger partial charge in [0.05, 0.1) is 12.9 Å². The van der Waals surface area contributed by atoms with Crippen molar-refractivity contribution in [3.63, 3.8) is 0 Å². The van der Waals surface area contributed by atoms with Gasteiger partial charge in [-0.2, -0.15) is 13.2 Å². The molecule has 0 aliphatic heterocycles. The Labute approximate surface area is 88.7 Å². The predicted octanol–water partition coefficient (Wildman–Crippen LogP) is 0.536. The van der Waals surface area contributed by atoms with Crippen LogP contribution in [0.1, 0.15) is 5.69 Å². The van der Waals surface area contributed by atoms with E-state index < -0.39 is 24.2 Å². The van der Waals surface area contributed by atoms with E-state index in [0.717, 1.165) is 10.9 Å². The molecular weight excluding hydrogens is 227 g/mol. The monoisotopic (exact) mass is 237 g/mol. The summed E-state index contributed by atoms with van der Waals surface area (Å²) in [5.74, 6) is -2.12. The molecule has 0 radical (unpaired) electrons. The molecule has 0 aromatic carbocycles. The number of rotatable bonds is 3. The van der Waals surface area contributed by atoms with Crippen LogP contribution in [0.25, 0.3) is 0 Å². The van der Waals surface area contributed by atoms with Crippen molar-refractivity contribution in [3.8, 4) is 0 Å². The van der Waals surface area contributed by atoms with Crippen LogP contribution < -0.4 is 5.73 Å². The first kappa shape index (κ1) is 12.5. The van der Waals surface area contributed by atoms with Crippen LogP contribution in [0.4, 0.5) is 13.2 Å². The molecule has 1 heterocycles. The molecule has 0 aliphatic carbocycles. The second-order valence-electron chi connectivity index (χ2n) is 3.44. The molecule has 16 heavy (non-hydrogen) atoms. The first-order chi connectivity index (χ1) is 7.18. The van der Waals surface area contributed by atoms with Gasteiger partial charge in [-0.05, 0) is 6.92 Å². The molecule has 1 aromatic heterocycles. The summed E-state index contributed by atoms with van der Waals surface area (Å²) in [5, 5.41) is 8.58. The Kier molecular flexibility index (Phi) is 2.95. The van der Waals surface area contributed by atoms with Crippen molar-refractivity contribution in [2.45, 2.75) is 25.2 Å². The number of carboxylic acids is 1. The Morgan fingerprint density at radius 3 is 2.50 bits per heavy atom. The molecule has 3 N–H and O–H groups in total. The van der Waals surface area contributed by atoms with Crippen molar-refractivity contribution in [2.75, 3.05) is 0 Å². The van der Waals surface area contributed by atoms with Crippen LogP contribution in [-0.2, 0) is 11.3 Å². The zero-order valence-corrected chi connectivity index (χ0v) is 8.32. The lowest BCUT2D eigenvalue weighted by atomic mass is 10.0. The summed E-state index contributed by atoms with van der Waals surface area (Å²) in [5.41, 5.74) is 2.00. The van der Waals surface area contributed by atoms with E-state index in [4.69, 9.17) is 10.8 Å². The highest BCUT2D eigenvalue weighted by molar-refractivity contribution is 5.79. The summed E-state index contributed by atoms with van der Waals surface area (Å²) in [6, 6.07) is 0. The van der Waals surface area contributed by atoms with Crippen molar-refractivity contribution >= 4 is 5.97 Å². The molecule has 0 saturated heterocycles. The van der Waals surface area contributed by atoms with Gasteiger partial charge in [0.1, 0.15) is 0 Å². The van der Waals surface area contributed by atoms with E-state index in [9.17, 15) is 18.0 Å². The van der Waals surface area contributed by atoms with Gasteiger partial charge in [-0.25, -0.2) is 9.78 Å². The topological polar surface area (TPSA) is 81.1 Å². The SMILES string of the molecule is Cc1cncn1CC(N)(C(=O)O)C(F)(F)F. The number of alkyl halides is 3. The summed E-state index contributed by atoms with van der Waals surface area (Å²) in [6.45, 7) is 0.601. The van der Waals surface area contributed by atoms with E-state index in [-0.39, 0.29) is 0 Å². The number of carboxylic acid groups (broad SMARTS) is 1. The quantitative estimate of drug-likeness (QED) is 0.803. The molecule has 0 fully saturated rings. The Morgan fingerprint density at radius 1 is 1.62 bits per heavy atom. The fourth-order valence-corrected chi connectivity index (χ4v) is 1.10. The third-order valence-electron chi connectivity index (χ3n) is 2.23. The lowest BCUT2D eigenvalue weighted by Crippen LogP contribution is -2.62. The second kappa shape index (κ2) is 3.78. The van der Waals surface area contributed by atoms with E-state index in [1.165, 1.54) is 13.1 Å². The highest BCUT2D eigenvalue weighted by Crippen LogP contribution is 2.30. The van der Waals surface area contributed by atoms with Crippen LogP contribution in [0.5, 0.6) is 0 Å². The fraction of sp³-hybridized carbons (Fsp3) is 0.500. The van der Waals surface area contributed by atoms with E-state index in [2.05, 4.69) is 4.98 Å². The maximum Gasteiger partial charge on any atom is 0.418 e. The van der Waals surface area contributed by atoms with Crippen LogP contribution in [0.2, 0.25) is 0 Å². The Balaban J connectivity index is 3.07. The van der Waals surface area contributed by atoms with Crippen LogP contribution in [-0.4, -0.2) is 32.3 Å². The van der Waals surface area contributed by atoms with Crippen molar-refractivity contribution in [1.29, 1.82) is 0 Å². The normalized spacial score (nSPS) is 15.8. The number of aliphatic carboxylic acids is 1. The van der Waals surface area contributed by atoms with Gasteiger partial charge in [0.25, 0.3) is 0 Å². The van der Waals surface area contributed by atoms with E-state index in [1.807, 2.05) is 0 Å². The van der Waals surface area contributed by atoms with Gasteiger partial charge in [0.2, 0.25) is 5.54 Å². The molecule has 8 heteroatoms. The molecule has 0 bridgehead atoms. The van der Waals surface area contributed by atoms with Gasteiger partial charge in [-0.15, -0.1) is 0 Å². The maximum absolute atomic E-state index is 12.5. The molecular formula is C8H10F3N3O2. The Bertz CT molecular complexity index is 401. The summed E-state index contributed by atoms with van der Waals surface area (Å²) in [6.07, 6.45) is -2.61. The molecule has 1 rings (SSSR count). The molecule has 0 spiro atoms. The number of nitrogens with two attached hydrogens (primary N) is 1. The highest BCUT2D eigenvalue weighted by Gasteiger charge is 2.58. The van der Waals surface area contributed by atoms with Crippen LogP contribution >= 0.6 is 0 Å². The van der Waals surface area contributed by atoms with Crippen molar-refractivity contribution in [1.82, 2.24) is 9.55 Å². The Hall–Kier alpha value is -1.57. The van der Waals surface area contributed by atoms with Gasteiger partial charge >= 0.3 is 12.1 Å². The molecule has 0 amide bonds. The highest BCUT2D eigenvalue weighted by atomic mass is 19.4. The number of aryl methyl sites for hydroxylation is 1. The third kappa shape index (κ3) is 2.01. The first-order valence-electron chi connectivity index (χ1n) is 4.24. The van der Waals surface area contributed by atoms with Crippen molar-refractivity contribution in [3.05, 3.63) is 18.2 Å². The minimum Gasteiger partial charge on any atom is -0.480 e. The third-order valence-corrected chi connectivity index (χ3v) is 2.23. The second-order valence-corrected chi connectivity index (χ2v) is 3.44. The number of aromatic nitrogens is 2. The van der Waals surface area contributed by atoms with E-state index >= 15 is 0 Å². The van der Waals surface area contributed by atoms with E-state index in [0.29, 0.717) is 5.69 Å². The summed E-state index contributed by atoms with van der Waals surface area (Å²) in [7, 11) is 0. The lowest BCUT2D eigenvalue weighted by Gasteiger charge is -2.27. The van der Waals surface area contributed by atoms with Crippen LogP contribution in [0, 0.1) is 6.92 Å². The zero-order chi connectivity index (χ0) is 12.6. The number of hydrogen-bond acceptors (Lipinski definition) is 3. The van der Waals surface area contributed by atoms with Gasteiger partial charge in [0, 0.05) is 11.9 Å². The molecule has 1 aromatic rings. The smallest absolute Gasteiger partial charge is 0.418 e. The first-order valence-corrected chi connectivity index (χ1v) is 4.24. The summed E-state index contributed by atoms with van der Waals surface area (Å²) < 4.78 is 38.7. The molecule has 0 saturated carbocycles. The number of nitrogens with zero attached hydrogens (tertiary/aromatic N) is 2. The Morgan fingerprint density at radius 2 is 2.19 bits per heavy atom. The molecule has 5 nitrogen and oxygen atoms in total. The molecule has 0 aliphatic rings. The molecule has 90 valence electrons. The minimum absolute atomic E-state index is 0.403.